The molecule has 3 unspecified atom stereocenters. The van der Waals surface area contributed by atoms with Gasteiger partial charge in [0, 0.05) is 5.57 Å². The molecule has 1 saturated carbocycles. The third kappa shape index (κ3) is 3.42. The van der Waals surface area contributed by atoms with E-state index >= 15 is 0 Å². The topological polar surface area (TPSA) is 70.3 Å². The van der Waals surface area contributed by atoms with Crippen molar-refractivity contribution >= 4 is 17.7 Å². The number of fused-ring (bicyclic) bond motifs is 1. The van der Waals surface area contributed by atoms with Crippen LogP contribution in [0.2, 0.25) is 0 Å². The van der Waals surface area contributed by atoms with E-state index in [1.807, 2.05) is 10.6 Å². The van der Waals surface area contributed by atoms with Gasteiger partial charge in [-0.3, -0.25) is 4.57 Å². The van der Waals surface area contributed by atoms with Gasteiger partial charge in [0.1, 0.15) is 24.2 Å². The lowest BCUT2D eigenvalue weighted by Crippen LogP contribution is -2.36. The summed E-state index contributed by atoms with van der Waals surface area (Å²) in [4.78, 5) is 4.21. The van der Waals surface area contributed by atoms with Crippen LogP contribution in [0.3, 0.4) is 0 Å². The molecule has 134 valence electrons. The van der Waals surface area contributed by atoms with E-state index in [0.717, 1.165) is 34.8 Å². The summed E-state index contributed by atoms with van der Waals surface area (Å²) >= 11 is 0.832. The van der Waals surface area contributed by atoms with Crippen molar-refractivity contribution in [3.8, 4) is 0 Å². The molecule has 25 heavy (non-hydrogen) atoms. The Hall–Kier alpha value is -1.54. The molecule has 2 aliphatic carbocycles. The van der Waals surface area contributed by atoms with Gasteiger partial charge in [0.25, 0.3) is 0 Å². The predicted octanol–water partition coefficient (Wildman–Crippen LogP) is 3.60. The summed E-state index contributed by atoms with van der Waals surface area (Å²) in [5, 5.41) is 12.6. The zero-order valence-corrected chi connectivity index (χ0v) is 15.3. The van der Waals surface area contributed by atoms with E-state index < -0.39 is 4.65 Å². The number of allylic oxidation sites excluding steroid dienone is 2. The maximum Gasteiger partial charge on any atom is 0.125 e. The second kappa shape index (κ2) is 6.32. The lowest BCUT2D eigenvalue weighted by molar-refractivity contribution is -0.823. The lowest BCUT2D eigenvalue weighted by Gasteiger charge is -2.39. The van der Waals surface area contributed by atoms with E-state index in [0.29, 0.717) is 19.1 Å². The van der Waals surface area contributed by atoms with Crippen LogP contribution in [0.4, 0.5) is 0 Å². The summed E-state index contributed by atoms with van der Waals surface area (Å²) in [6.07, 6.45) is 11.7. The minimum atomic E-state index is -0.485. The molecule has 0 bridgehead atoms. The van der Waals surface area contributed by atoms with E-state index in [9.17, 15) is 9.76 Å². The highest BCUT2D eigenvalue weighted by Crippen LogP contribution is 2.39. The number of imidazole rings is 1. The molecular weight excluding hydrogens is 338 g/mol. The second-order valence-electron chi connectivity index (χ2n) is 7.40. The van der Waals surface area contributed by atoms with E-state index in [4.69, 9.17) is 4.74 Å². The normalized spacial score (nSPS) is 31.8. The Morgan fingerprint density at radius 1 is 1.44 bits per heavy atom. The number of quaternary nitrogens is 1. The first-order chi connectivity index (χ1) is 12.0. The van der Waals surface area contributed by atoms with E-state index in [-0.39, 0.29) is 11.2 Å². The standard InChI is InChI=1S/C18H23N3O3S/c1-12-5-17(24-10-13-3-4-13)15(6-18(12)25-23)16-9-21(2,22)8-14-7-19-11-20(14)16/h5-7,9,11-13,18,23H,3-4,8,10H2,1-2H3. The van der Waals surface area contributed by atoms with Crippen molar-refractivity contribution in [1.29, 1.82) is 0 Å². The number of hydrogen-bond acceptors (Lipinski definition) is 5. The summed E-state index contributed by atoms with van der Waals surface area (Å²) < 4.78 is 17.2. The molecular formula is C18H23N3O3S. The van der Waals surface area contributed by atoms with Crippen molar-refractivity contribution in [3.63, 3.8) is 0 Å². The molecule has 4 rings (SSSR count). The van der Waals surface area contributed by atoms with Gasteiger partial charge in [-0.05, 0) is 42.8 Å². The smallest absolute Gasteiger partial charge is 0.125 e. The fourth-order valence-electron chi connectivity index (χ4n) is 3.32. The average Bonchev–Trinajstić information content (AvgIpc) is 3.28. The highest BCUT2D eigenvalue weighted by molar-refractivity contribution is 7.94. The van der Waals surface area contributed by atoms with Crippen molar-refractivity contribution in [2.75, 3.05) is 13.7 Å². The third-order valence-corrected chi connectivity index (χ3v) is 5.75. The Labute approximate surface area is 151 Å². The maximum atomic E-state index is 12.7. The fraction of sp³-hybridized carbons (Fsp3) is 0.500. The average molecular weight is 361 g/mol. The molecule has 1 aromatic heterocycles. The molecule has 0 spiro atoms. The van der Waals surface area contributed by atoms with Gasteiger partial charge in [-0.15, -0.1) is 0 Å². The molecule has 0 radical (unpaired) electrons. The molecule has 1 fully saturated rings. The van der Waals surface area contributed by atoms with E-state index in [2.05, 4.69) is 18.0 Å². The molecule has 0 aromatic carbocycles. The van der Waals surface area contributed by atoms with Crippen LogP contribution in [0.1, 0.15) is 25.5 Å². The zero-order valence-electron chi connectivity index (χ0n) is 14.5. The number of hydrogen-bond donors (Lipinski definition) is 1. The number of ether oxygens (including phenoxy) is 1. The second-order valence-corrected chi connectivity index (χ2v) is 8.15. The van der Waals surface area contributed by atoms with Gasteiger partial charge in [0.2, 0.25) is 0 Å². The van der Waals surface area contributed by atoms with Gasteiger partial charge in [-0.25, -0.2) is 4.98 Å². The number of hydroxylamine groups is 3. The molecule has 1 aliphatic heterocycles. The molecule has 3 atom stereocenters. The summed E-state index contributed by atoms with van der Waals surface area (Å²) in [6.45, 7) is 3.13. The van der Waals surface area contributed by atoms with Crippen molar-refractivity contribution in [2.24, 2.45) is 11.8 Å². The van der Waals surface area contributed by atoms with Gasteiger partial charge in [0.05, 0.1) is 37.1 Å². The number of rotatable bonds is 5. The predicted molar refractivity (Wildman–Crippen MR) is 97.8 cm³/mol. The van der Waals surface area contributed by atoms with Gasteiger partial charge >= 0.3 is 0 Å². The van der Waals surface area contributed by atoms with Crippen LogP contribution in [-0.2, 0) is 11.3 Å². The molecule has 0 amide bonds. The van der Waals surface area contributed by atoms with Gasteiger partial charge in [-0.2, -0.15) is 0 Å². The van der Waals surface area contributed by atoms with Crippen LogP contribution < -0.4 is 0 Å². The first-order valence-electron chi connectivity index (χ1n) is 8.65. The molecule has 1 N–H and O–H groups in total. The van der Waals surface area contributed by atoms with Crippen LogP contribution in [0.25, 0.3) is 5.70 Å². The van der Waals surface area contributed by atoms with E-state index in [1.165, 1.54) is 12.8 Å². The Balaban J connectivity index is 1.73. The maximum absolute atomic E-state index is 12.7. The highest BCUT2D eigenvalue weighted by Gasteiger charge is 2.32. The summed E-state index contributed by atoms with van der Waals surface area (Å²) in [6, 6.07) is 0. The molecule has 7 heteroatoms. The van der Waals surface area contributed by atoms with Crippen molar-refractivity contribution in [3.05, 3.63) is 53.1 Å². The SMILES string of the molecule is CC1C=C(OCC2CC2)C(C2=C[N+](C)([O-])Cc3cncn32)=CC1SO. The minimum absolute atomic E-state index is 0.0662. The summed E-state index contributed by atoms with van der Waals surface area (Å²) in [5.74, 6) is 1.61. The van der Waals surface area contributed by atoms with Crippen LogP contribution in [0.5, 0.6) is 0 Å². The Bertz CT molecular complexity index is 761. The third-order valence-electron chi connectivity index (χ3n) is 4.94. The van der Waals surface area contributed by atoms with Crippen molar-refractivity contribution in [1.82, 2.24) is 9.55 Å². The van der Waals surface area contributed by atoms with Crippen LogP contribution in [0.15, 0.2) is 42.2 Å². The van der Waals surface area contributed by atoms with Crippen LogP contribution in [0, 0.1) is 17.0 Å². The van der Waals surface area contributed by atoms with Gasteiger partial charge < -0.3 is 19.1 Å². The first-order valence-corrected chi connectivity index (χ1v) is 9.48. The molecule has 3 aliphatic rings. The zero-order chi connectivity index (χ0) is 17.6. The highest BCUT2D eigenvalue weighted by atomic mass is 32.2. The number of aromatic nitrogens is 2. The Morgan fingerprint density at radius 2 is 2.24 bits per heavy atom. The molecule has 2 heterocycles. The summed E-state index contributed by atoms with van der Waals surface area (Å²) in [5.41, 5.74) is 2.53. The molecule has 6 nitrogen and oxygen atoms in total. The fourth-order valence-corrected chi connectivity index (χ4v) is 3.79. The van der Waals surface area contributed by atoms with Gasteiger partial charge in [0.15, 0.2) is 0 Å². The van der Waals surface area contributed by atoms with Crippen molar-refractivity contribution < 1.29 is 13.9 Å². The monoisotopic (exact) mass is 361 g/mol. The number of nitrogens with zero attached hydrogens (tertiary/aromatic N) is 3. The largest absolute Gasteiger partial charge is 0.628 e. The Morgan fingerprint density at radius 3 is 2.96 bits per heavy atom. The van der Waals surface area contributed by atoms with E-state index in [1.54, 1.807) is 25.8 Å². The molecule has 0 saturated heterocycles. The van der Waals surface area contributed by atoms with Gasteiger partial charge in [-0.1, -0.05) is 13.0 Å². The first kappa shape index (κ1) is 16.9. The van der Waals surface area contributed by atoms with Crippen LogP contribution >= 0.6 is 12.0 Å². The Kier molecular flexibility index (Phi) is 4.27. The van der Waals surface area contributed by atoms with Crippen molar-refractivity contribution in [2.45, 2.75) is 31.6 Å². The van der Waals surface area contributed by atoms with Crippen LogP contribution in [-0.4, -0.2) is 37.7 Å². The quantitative estimate of drug-likeness (QED) is 0.493. The molecule has 1 aromatic rings. The summed E-state index contributed by atoms with van der Waals surface area (Å²) in [7, 11) is 1.63. The lowest BCUT2D eigenvalue weighted by atomic mass is 9.94. The minimum Gasteiger partial charge on any atom is -0.628 e.